The van der Waals surface area contributed by atoms with Gasteiger partial charge in [0.1, 0.15) is 0 Å². The van der Waals surface area contributed by atoms with Gasteiger partial charge in [-0.2, -0.15) is 0 Å². The Balaban J connectivity index is 1.70. The van der Waals surface area contributed by atoms with Crippen LogP contribution in [-0.2, 0) is 13.0 Å². The topological polar surface area (TPSA) is 28.4 Å². The summed E-state index contributed by atoms with van der Waals surface area (Å²) >= 11 is 0. The highest BCUT2D eigenvalue weighted by Crippen LogP contribution is 2.41. The van der Waals surface area contributed by atoms with Gasteiger partial charge >= 0.3 is 0 Å². The number of hydrogen-bond donors (Lipinski definition) is 1. The third-order valence-corrected chi connectivity index (χ3v) is 5.25. The van der Waals surface area contributed by atoms with Gasteiger partial charge in [0.25, 0.3) is 0 Å². The number of fused-ring (bicyclic) bond motifs is 1. The van der Waals surface area contributed by atoms with Gasteiger partial charge in [-0.3, -0.25) is 0 Å². The summed E-state index contributed by atoms with van der Waals surface area (Å²) in [5.41, 5.74) is 4.10. The Hall–Kier alpha value is -0.800. The second-order valence-electron chi connectivity index (χ2n) is 7.80. The number of nitrogens with zero attached hydrogens (tertiary/aromatic N) is 2. The molecular formula is C18H30N2O. The van der Waals surface area contributed by atoms with Gasteiger partial charge in [0, 0.05) is 23.5 Å². The molecule has 0 saturated carbocycles. The standard InChI is InChI=1S/C18H30N2O/c1-14-11-15-16(12-18(2,3)13-17(15)21)20(14)10-6-9-19-7-4-5-8-19/h11,17,21H,4-10,12-13H2,1-3H3. The number of aryl methyl sites for hydroxylation is 1. The molecule has 2 aliphatic rings. The van der Waals surface area contributed by atoms with Crippen LogP contribution in [0.4, 0.5) is 0 Å². The fourth-order valence-corrected chi connectivity index (χ4v) is 4.17. The summed E-state index contributed by atoms with van der Waals surface area (Å²) in [7, 11) is 0. The average molecular weight is 290 g/mol. The minimum absolute atomic E-state index is 0.212. The van der Waals surface area contributed by atoms with Crippen molar-refractivity contribution in [3.8, 4) is 0 Å². The van der Waals surface area contributed by atoms with Crippen LogP contribution in [0.5, 0.6) is 0 Å². The van der Waals surface area contributed by atoms with E-state index in [-0.39, 0.29) is 11.5 Å². The van der Waals surface area contributed by atoms with E-state index in [2.05, 4.69) is 36.3 Å². The van der Waals surface area contributed by atoms with Crippen molar-refractivity contribution in [1.29, 1.82) is 0 Å². The quantitative estimate of drug-likeness (QED) is 0.921. The fourth-order valence-electron chi connectivity index (χ4n) is 4.17. The van der Waals surface area contributed by atoms with E-state index in [1.807, 2.05) is 0 Å². The van der Waals surface area contributed by atoms with Crippen LogP contribution in [0.2, 0.25) is 0 Å². The lowest BCUT2D eigenvalue weighted by Gasteiger charge is -2.34. The summed E-state index contributed by atoms with van der Waals surface area (Å²) in [4.78, 5) is 2.59. The number of rotatable bonds is 4. The van der Waals surface area contributed by atoms with E-state index in [0.29, 0.717) is 0 Å². The van der Waals surface area contributed by atoms with Crippen molar-refractivity contribution in [2.75, 3.05) is 19.6 Å². The van der Waals surface area contributed by atoms with E-state index < -0.39 is 0 Å². The zero-order valence-electron chi connectivity index (χ0n) is 13.9. The van der Waals surface area contributed by atoms with Crippen molar-refractivity contribution in [3.63, 3.8) is 0 Å². The molecule has 0 amide bonds. The number of aliphatic hydroxyl groups excluding tert-OH is 1. The van der Waals surface area contributed by atoms with Crippen LogP contribution >= 0.6 is 0 Å². The minimum atomic E-state index is -0.276. The van der Waals surface area contributed by atoms with Crippen LogP contribution in [0, 0.1) is 12.3 Å². The summed E-state index contributed by atoms with van der Waals surface area (Å²) in [6.45, 7) is 11.6. The molecule has 0 radical (unpaired) electrons. The van der Waals surface area contributed by atoms with Crippen LogP contribution in [0.15, 0.2) is 6.07 Å². The Labute approximate surface area is 129 Å². The zero-order chi connectivity index (χ0) is 15.0. The molecule has 3 rings (SSSR count). The van der Waals surface area contributed by atoms with Crippen LogP contribution in [-0.4, -0.2) is 34.2 Å². The van der Waals surface area contributed by atoms with Crippen molar-refractivity contribution < 1.29 is 5.11 Å². The number of aromatic nitrogens is 1. The molecule has 1 aromatic rings. The highest BCUT2D eigenvalue weighted by Gasteiger charge is 2.33. The molecule has 1 N–H and O–H groups in total. The molecule has 0 aromatic carbocycles. The van der Waals surface area contributed by atoms with Gasteiger partial charge in [0.2, 0.25) is 0 Å². The van der Waals surface area contributed by atoms with Gasteiger partial charge in [-0.05, 0) is 70.1 Å². The Morgan fingerprint density at radius 3 is 2.67 bits per heavy atom. The number of hydrogen-bond acceptors (Lipinski definition) is 2. The van der Waals surface area contributed by atoms with Crippen LogP contribution in [0.1, 0.15) is 62.6 Å². The van der Waals surface area contributed by atoms with Crippen LogP contribution in [0.3, 0.4) is 0 Å². The second kappa shape index (κ2) is 5.77. The minimum Gasteiger partial charge on any atom is -0.388 e. The molecule has 1 aliphatic carbocycles. The first-order valence-electron chi connectivity index (χ1n) is 8.56. The Bertz CT molecular complexity index is 498. The van der Waals surface area contributed by atoms with E-state index >= 15 is 0 Å². The molecule has 3 nitrogen and oxygen atoms in total. The predicted octanol–water partition coefficient (Wildman–Crippen LogP) is 3.29. The van der Waals surface area contributed by atoms with Gasteiger partial charge < -0.3 is 14.6 Å². The molecule has 1 aliphatic heterocycles. The third-order valence-electron chi connectivity index (χ3n) is 5.25. The lowest BCUT2D eigenvalue weighted by atomic mass is 9.75. The van der Waals surface area contributed by atoms with E-state index in [1.54, 1.807) is 0 Å². The molecule has 1 atom stereocenters. The third kappa shape index (κ3) is 3.19. The van der Waals surface area contributed by atoms with Gasteiger partial charge in [0.05, 0.1) is 6.10 Å². The van der Waals surface area contributed by atoms with E-state index in [9.17, 15) is 5.11 Å². The Morgan fingerprint density at radius 1 is 1.24 bits per heavy atom. The van der Waals surface area contributed by atoms with Crippen molar-refractivity contribution in [2.24, 2.45) is 5.41 Å². The average Bonchev–Trinajstić information content (AvgIpc) is 2.99. The smallest absolute Gasteiger partial charge is 0.0812 e. The molecule has 21 heavy (non-hydrogen) atoms. The lowest BCUT2D eigenvalue weighted by Crippen LogP contribution is -2.27. The predicted molar refractivity (Wildman–Crippen MR) is 86.5 cm³/mol. The number of aliphatic hydroxyl groups is 1. The molecule has 1 unspecified atom stereocenters. The highest BCUT2D eigenvalue weighted by atomic mass is 16.3. The van der Waals surface area contributed by atoms with Crippen molar-refractivity contribution in [2.45, 2.75) is 65.5 Å². The van der Waals surface area contributed by atoms with Gasteiger partial charge in [0.15, 0.2) is 0 Å². The first-order chi connectivity index (χ1) is 9.96. The first-order valence-corrected chi connectivity index (χ1v) is 8.56. The first kappa shape index (κ1) is 15.1. The zero-order valence-corrected chi connectivity index (χ0v) is 13.9. The maximum atomic E-state index is 10.4. The molecule has 1 aromatic heterocycles. The van der Waals surface area contributed by atoms with Gasteiger partial charge in [-0.15, -0.1) is 0 Å². The van der Waals surface area contributed by atoms with Crippen molar-refractivity contribution >= 4 is 0 Å². The van der Waals surface area contributed by atoms with Crippen LogP contribution < -0.4 is 0 Å². The largest absolute Gasteiger partial charge is 0.388 e. The molecule has 118 valence electrons. The normalized spacial score (nSPS) is 25.2. The lowest BCUT2D eigenvalue weighted by molar-refractivity contribution is 0.0978. The summed E-state index contributed by atoms with van der Waals surface area (Å²) in [6.07, 6.45) is 5.67. The molecular weight excluding hydrogens is 260 g/mol. The van der Waals surface area contributed by atoms with Gasteiger partial charge in [-0.1, -0.05) is 13.8 Å². The second-order valence-corrected chi connectivity index (χ2v) is 7.80. The van der Waals surface area contributed by atoms with Crippen molar-refractivity contribution in [3.05, 3.63) is 23.0 Å². The molecule has 3 heteroatoms. The Kier molecular flexibility index (Phi) is 4.15. The summed E-state index contributed by atoms with van der Waals surface area (Å²) < 4.78 is 2.47. The van der Waals surface area contributed by atoms with E-state index in [1.165, 1.54) is 55.8 Å². The maximum Gasteiger partial charge on any atom is 0.0812 e. The van der Waals surface area contributed by atoms with Crippen LogP contribution in [0.25, 0.3) is 0 Å². The van der Waals surface area contributed by atoms with Gasteiger partial charge in [-0.25, -0.2) is 0 Å². The Morgan fingerprint density at radius 2 is 1.95 bits per heavy atom. The molecule has 1 saturated heterocycles. The molecule has 1 fully saturated rings. The summed E-state index contributed by atoms with van der Waals surface area (Å²) in [5, 5.41) is 10.4. The maximum absolute atomic E-state index is 10.4. The monoisotopic (exact) mass is 290 g/mol. The molecule has 0 spiro atoms. The van der Waals surface area contributed by atoms with E-state index in [4.69, 9.17) is 0 Å². The molecule has 2 heterocycles. The van der Waals surface area contributed by atoms with E-state index in [0.717, 1.165) is 19.4 Å². The summed E-state index contributed by atoms with van der Waals surface area (Å²) in [5.74, 6) is 0. The van der Waals surface area contributed by atoms with Crippen molar-refractivity contribution in [1.82, 2.24) is 9.47 Å². The summed E-state index contributed by atoms with van der Waals surface area (Å²) in [6, 6.07) is 2.21. The highest BCUT2D eigenvalue weighted by molar-refractivity contribution is 5.33. The fraction of sp³-hybridized carbons (Fsp3) is 0.778. The molecule has 0 bridgehead atoms. The number of likely N-dealkylation sites (tertiary alicyclic amines) is 1. The SMILES string of the molecule is Cc1cc2c(n1CCCN1CCCC1)CC(C)(C)CC2O.